The van der Waals surface area contributed by atoms with E-state index in [9.17, 15) is 9.59 Å². The van der Waals surface area contributed by atoms with E-state index in [4.69, 9.17) is 4.74 Å². The van der Waals surface area contributed by atoms with Gasteiger partial charge in [0.05, 0.1) is 11.4 Å². The van der Waals surface area contributed by atoms with Crippen molar-refractivity contribution in [3.05, 3.63) is 41.7 Å². The number of carbonyl (C=O) groups is 2. The Balaban J connectivity index is 1.98. The lowest BCUT2D eigenvalue weighted by molar-refractivity contribution is -0.125. The number of ether oxygens (including phenoxy) is 1. The van der Waals surface area contributed by atoms with Gasteiger partial charge in [-0.3, -0.25) is 4.79 Å². The maximum absolute atomic E-state index is 12.1. The van der Waals surface area contributed by atoms with Gasteiger partial charge >= 0.3 is 5.97 Å². The zero-order valence-electron chi connectivity index (χ0n) is 14.3. The second kappa shape index (κ2) is 7.72. The second-order valence-corrected chi connectivity index (χ2v) is 5.94. The smallest absolute Gasteiger partial charge is 0.361 e. The Hall–Kier alpha value is -2.70. The average molecular weight is 330 g/mol. The molecule has 24 heavy (non-hydrogen) atoms. The van der Waals surface area contributed by atoms with Crippen molar-refractivity contribution in [2.45, 2.75) is 33.7 Å². The van der Waals surface area contributed by atoms with Crippen molar-refractivity contribution in [1.29, 1.82) is 0 Å². The third-order valence-electron chi connectivity index (χ3n) is 3.69. The number of hydrogen-bond acceptors (Lipinski definition) is 5. The van der Waals surface area contributed by atoms with Crippen LogP contribution in [-0.4, -0.2) is 39.5 Å². The van der Waals surface area contributed by atoms with E-state index >= 15 is 0 Å². The third-order valence-corrected chi connectivity index (χ3v) is 3.69. The number of carbonyl (C=O) groups excluding carboxylic acids is 2. The fourth-order valence-electron chi connectivity index (χ4n) is 1.91. The van der Waals surface area contributed by atoms with Gasteiger partial charge in [0.2, 0.25) is 0 Å². The van der Waals surface area contributed by atoms with E-state index in [-0.39, 0.29) is 24.2 Å². The van der Waals surface area contributed by atoms with Crippen molar-refractivity contribution >= 4 is 11.9 Å². The Morgan fingerprint density at radius 2 is 1.83 bits per heavy atom. The van der Waals surface area contributed by atoms with Gasteiger partial charge in [0.1, 0.15) is 0 Å². The summed E-state index contributed by atoms with van der Waals surface area (Å²) in [5.74, 6) is -0.697. The van der Waals surface area contributed by atoms with Crippen molar-refractivity contribution in [1.82, 2.24) is 20.3 Å². The molecule has 1 amide bonds. The van der Waals surface area contributed by atoms with Crippen LogP contribution in [0.1, 0.15) is 37.0 Å². The Labute approximate surface area is 141 Å². The molecule has 1 atom stereocenters. The SMILES string of the molecule is Cc1nn(-c2ccccc2)nc1C(=O)OCC(=O)N[C@H](C)C(C)C. The molecule has 0 saturated heterocycles. The van der Waals surface area contributed by atoms with Crippen LogP contribution in [-0.2, 0) is 9.53 Å². The molecule has 7 heteroatoms. The quantitative estimate of drug-likeness (QED) is 0.818. The van der Waals surface area contributed by atoms with Gasteiger partial charge in [0.25, 0.3) is 5.91 Å². The molecule has 1 aromatic heterocycles. The van der Waals surface area contributed by atoms with Crippen LogP contribution in [0.3, 0.4) is 0 Å². The van der Waals surface area contributed by atoms with Crippen LogP contribution in [0, 0.1) is 12.8 Å². The Bertz CT molecular complexity index is 710. The van der Waals surface area contributed by atoms with Gasteiger partial charge in [-0.2, -0.15) is 9.90 Å². The number of hydrogen-bond donors (Lipinski definition) is 1. The zero-order valence-corrected chi connectivity index (χ0v) is 14.3. The lowest BCUT2D eigenvalue weighted by atomic mass is 10.1. The normalized spacial score (nSPS) is 12.0. The highest BCUT2D eigenvalue weighted by Crippen LogP contribution is 2.09. The average Bonchev–Trinajstić information content (AvgIpc) is 2.95. The molecule has 7 nitrogen and oxygen atoms in total. The van der Waals surface area contributed by atoms with Crippen LogP contribution in [0.2, 0.25) is 0 Å². The zero-order chi connectivity index (χ0) is 17.7. The fourth-order valence-corrected chi connectivity index (χ4v) is 1.91. The predicted molar refractivity (Wildman–Crippen MR) is 88.8 cm³/mol. The third kappa shape index (κ3) is 4.41. The number of benzene rings is 1. The molecule has 0 aliphatic carbocycles. The molecule has 0 saturated carbocycles. The molecule has 0 unspecified atom stereocenters. The maximum atomic E-state index is 12.1. The van der Waals surface area contributed by atoms with E-state index in [1.807, 2.05) is 51.1 Å². The molecule has 0 fully saturated rings. The van der Waals surface area contributed by atoms with Crippen molar-refractivity contribution in [2.24, 2.45) is 5.92 Å². The molecule has 2 aromatic rings. The number of amides is 1. The molecule has 0 aliphatic heterocycles. The summed E-state index contributed by atoms with van der Waals surface area (Å²) in [7, 11) is 0. The lowest BCUT2D eigenvalue weighted by Gasteiger charge is -2.17. The molecule has 0 radical (unpaired) electrons. The first-order chi connectivity index (χ1) is 11.4. The highest BCUT2D eigenvalue weighted by Gasteiger charge is 2.19. The summed E-state index contributed by atoms with van der Waals surface area (Å²) in [6.07, 6.45) is 0. The minimum atomic E-state index is -0.665. The number of aromatic nitrogens is 3. The Kier molecular flexibility index (Phi) is 5.68. The highest BCUT2D eigenvalue weighted by atomic mass is 16.5. The summed E-state index contributed by atoms with van der Waals surface area (Å²) in [5.41, 5.74) is 1.28. The van der Waals surface area contributed by atoms with Crippen molar-refractivity contribution in [3.63, 3.8) is 0 Å². The van der Waals surface area contributed by atoms with Crippen LogP contribution in [0.5, 0.6) is 0 Å². The molecule has 1 N–H and O–H groups in total. The molecule has 2 rings (SSSR count). The first-order valence-corrected chi connectivity index (χ1v) is 7.84. The molecule has 0 spiro atoms. The van der Waals surface area contributed by atoms with Gasteiger partial charge in [-0.15, -0.1) is 5.10 Å². The van der Waals surface area contributed by atoms with E-state index < -0.39 is 5.97 Å². The number of aryl methyl sites for hydroxylation is 1. The summed E-state index contributed by atoms with van der Waals surface area (Å²) in [5, 5.41) is 11.1. The molecule has 128 valence electrons. The Morgan fingerprint density at radius 1 is 1.17 bits per heavy atom. The van der Waals surface area contributed by atoms with Gasteiger partial charge in [-0.1, -0.05) is 32.0 Å². The van der Waals surface area contributed by atoms with Crippen LogP contribution in [0.4, 0.5) is 0 Å². The maximum Gasteiger partial charge on any atom is 0.361 e. The van der Waals surface area contributed by atoms with Crippen LogP contribution >= 0.6 is 0 Å². The van der Waals surface area contributed by atoms with Crippen molar-refractivity contribution in [2.75, 3.05) is 6.61 Å². The minimum absolute atomic E-state index is 0.0110. The van der Waals surface area contributed by atoms with Crippen molar-refractivity contribution < 1.29 is 14.3 Å². The first-order valence-electron chi connectivity index (χ1n) is 7.84. The van der Waals surface area contributed by atoms with Gasteiger partial charge in [-0.25, -0.2) is 4.79 Å². The van der Waals surface area contributed by atoms with Gasteiger partial charge in [0, 0.05) is 6.04 Å². The molecular weight excluding hydrogens is 308 g/mol. The lowest BCUT2D eigenvalue weighted by Crippen LogP contribution is -2.38. The molecule has 0 aliphatic rings. The predicted octanol–water partition coefficient (Wildman–Crippen LogP) is 1.89. The molecular formula is C17H22N4O3. The molecule has 0 bridgehead atoms. The van der Waals surface area contributed by atoms with E-state index in [0.29, 0.717) is 11.6 Å². The molecule has 1 heterocycles. The van der Waals surface area contributed by atoms with Crippen molar-refractivity contribution in [3.8, 4) is 5.69 Å². The summed E-state index contributed by atoms with van der Waals surface area (Å²) in [6, 6.07) is 9.26. The topological polar surface area (TPSA) is 86.1 Å². The van der Waals surface area contributed by atoms with E-state index in [2.05, 4.69) is 15.5 Å². The number of rotatable bonds is 6. The fraction of sp³-hybridized carbons (Fsp3) is 0.412. The minimum Gasteiger partial charge on any atom is -0.451 e. The number of nitrogens with zero attached hydrogens (tertiary/aromatic N) is 3. The monoisotopic (exact) mass is 330 g/mol. The van der Waals surface area contributed by atoms with Crippen LogP contribution in [0.25, 0.3) is 5.69 Å². The second-order valence-electron chi connectivity index (χ2n) is 5.94. The number of para-hydroxylation sites is 1. The van der Waals surface area contributed by atoms with Gasteiger partial charge < -0.3 is 10.1 Å². The number of esters is 1. The standard InChI is InChI=1S/C17H22N4O3/c1-11(2)12(3)18-15(22)10-24-17(23)16-13(4)19-21(20-16)14-8-6-5-7-9-14/h5-9,11-12H,10H2,1-4H3,(H,18,22)/t12-/m1/s1. The highest BCUT2D eigenvalue weighted by molar-refractivity contribution is 5.90. The Morgan fingerprint density at radius 3 is 2.46 bits per heavy atom. The summed E-state index contributed by atoms with van der Waals surface area (Å²) in [6.45, 7) is 7.24. The number of nitrogens with one attached hydrogen (secondary N) is 1. The van der Waals surface area contributed by atoms with Crippen LogP contribution < -0.4 is 5.32 Å². The molecule has 1 aromatic carbocycles. The van der Waals surface area contributed by atoms with Gasteiger partial charge in [-0.05, 0) is 31.9 Å². The largest absolute Gasteiger partial charge is 0.451 e. The summed E-state index contributed by atoms with van der Waals surface area (Å²) < 4.78 is 5.03. The van der Waals surface area contributed by atoms with Gasteiger partial charge in [0.15, 0.2) is 12.3 Å². The van der Waals surface area contributed by atoms with E-state index in [1.165, 1.54) is 4.80 Å². The van der Waals surface area contributed by atoms with E-state index in [0.717, 1.165) is 5.69 Å². The summed E-state index contributed by atoms with van der Waals surface area (Å²) in [4.78, 5) is 25.3. The van der Waals surface area contributed by atoms with Crippen LogP contribution in [0.15, 0.2) is 30.3 Å². The van der Waals surface area contributed by atoms with E-state index in [1.54, 1.807) is 6.92 Å². The first kappa shape index (κ1) is 17.7. The summed E-state index contributed by atoms with van der Waals surface area (Å²) >= 11 is 0.